The summed E-state index contributed by atoms with van der Waals surface area (Å²) < 4.78 is 42.5. The SMILES string of the molecule is NC[C@H]1Oc2ccn(C(=O)C(F)(F)F)c2[C@@H](O)[C@H]1O. The molecule has 0 bridgehead atoms. The van der Waals surface area contributed by atoms with Gasteiger partial charge in [-0.1, -0.05) is 0 Å². The van der Waals surface area contributed by atoms with Crippen molar-refractivity contribution >= 4 is 5.91 Å². The Labute approximate surface area is 105 Å². The second-order valence-corrected chi connectivity index (χ2v) is 4.07. The van der Waals surface area contributed by atoms with Crippen LogP contribution in [0.5, 0.6) is 5.75 Å². The van der Waals surface area contributed by atoms with E-state index in [0.717, 1.165) is 12.3 Å². The maximum atomic E-state index is 12.4. The summed E-state index contributed by atoms with van der Waals surface area (Å²) in [5.74, 6) is -2.28. The first-order valence-electron chi connectivity index (χ1n) is 5.33. The zero-order chi connectivity index (χ0) is 14.4. The third-order valence-corrected chi connectivity index (χ3v) is 2.84. The predicted molar refractivity (Wildman–Crippen MR) is 55.6 cm³/mol. The number of carbonyl (C=O) groups excluding carboxylic acids is 1. The average Bonchev–Trinajstić information content (AvgIpc) is 2.75. The van der Waals surface area contributed by atoms with Gasteiger partial charge in [0.1, 0.15) is 24.1 Å². The van der Waals surface area contributed by atoms with Crippen LogP contribution < -0.4 is 10.5 Å². The van der Waals surface area contributed by atoms with E-state index in [4.69, 9.17) is 10.5 Å². The van der Waals surface area contributed by atoms with Gasteiger partial charge < -0.3 is 20.7 Å². The fourth-order valence-corrected chi connectivity index (χ4v) is 1.91. The highest BCUT2D eigenvalue weighted by Gasteiger charge is 2.45. The molecule has 6 nitrogen and oxygen atoms in total. The Balaban J connectivity index is 2.44. The molecule has 0 amide bonds. The first-order chi connectivity index (χ1) is 8.77. The van der Waals surface area contributed by atoms with Crippen molar-refractivity contribution in [1.29, 1.82) is 0 Å². The number of nitrogens with two attached hydrogens (primary N) is 1. The van der Waals surface area contributed by atoms with E-state index in [1.54, 1.807) is 0 Å². The zero-order valence-corrected chi connectivity index (χ0v) is 9.46. The summed E-state index contributed by atoms with van der Waals surface area (Å²) in [6.07, 6.45) is -8.40. The first kappa shape index (κ1) is 13.8. The molecule has 1 aromatic rings. The zero-order valence-electron chi connectivity index (χ0n) is 9.46. The molecule has 19 heavy (non-hydrogen) atoms. The Morgan fingerprint density at radius 3 is 2.63 bits per heavy atom. The van der Waals surface area contributed by atoms with E-state index in [0.29, 0.717) is 0 Å². The molecule has 2 rings (SSSR count). The summed E-state index contributed by atoms with van der Waals surface area (Å²) in [7, 11) is 0. The summed E-state index contributed by atoms with van der Waals surface area (Å²) >= 11 is 0. The number of ether oxygens (including phenoxy) is 1. The minimum absolute atomic E-state index is 0.106. The Morgan fingerprint density at radius 2 is 2.11 bits per heavy atom. The van der Waals surface area contributed by atoms with Crippen molar-refractivity contribution in [2.75, 3.05) is 6.54 Å². The van der Waals surface area contributed by atoms with Crippen LogP contribution in [0.2, 0.25) is 0 Å². The van der Waals surface area contributed by atoms with E-state index in [-0.39, 0.29) is 16.9 Å². The van der Waals surface area contributed by atoms with Gasteiger partial charge in [-0.05, 0) is 6.07 Å². The van der Waals surface area contributed by atoms with Gasteiger partial charge in [0.2, 0.25) is 0 Å². The quantitative estimate of drug-likeness (QED) is 0.662. The van der Waals surface area contributed by atoms with Gasteiger partial charge in [-0.3, -0.25) is 9.36 Å². The number of halogens is 3. The molecule has 0 aliphatic carbocycles. The lowest BCUT2D eigenvalue weighted by molar-refractivity contribution is -0.0973. The number of fused-ring (bicyclic) bond motifs is 1. The Bertz CT molecular complexity index is 499. The molecule has 1 aromatic heterocycles. The molecule has 1 aliphatic heterocycles. The molecular formula is C10H11F3N2O4. The molecule has 1 aliphatic rings. The van der Waals surface area contributed by atoms with Crippen molar-refractivity contribution in [2.45, 2.75) is 24.5 Å². The van der Waals surface area contributed by atoms with Crippen LogP contribution in [-0.4, -0.2) is 45.6 Å². The van der Waals surface area contributed by atoms with Crippen molar-refractivity contribution in [1.82, 2.24) is 4.57 Å². The molecule has 106 valence electrons. The minimum Gasteiger partial charge on any atom is -0.484 e. The van der Waals surface area contributed by atoms with Crippen molar-refractivity contribution < 1.29 is 32.9 Å². The number of alkyl halides is 3. The number of aromatic nitrogens is 1. The number of nitrogens with zero attached hydrogens (tertiary/aromatic N) is 1. The molecule has 4 N–H and O–H groups in total. The lowest BCUT2D eigenvalue weighted by atomic mass is 10.0. The van der Waals surface area contributed by atoms with Gasteiger partial charge in [-0.2, -0.15) is 13.2 Å². The average molecular weight is 280 g/mol. The summed E-state index contributed by atoms with van der Waals surface area (Å²) in [5, 5.41) is 19.4. The van der Waals surface area contributed by atoms with Crippen molar-refractivity contribution in [3.8, 4) is 5.75 Å². The molecule has 0 fully saturated rings. The van der Waals surface area contributed by atoms with Crippen LogP contribution in [-0.2, 0) is 0 Å². The van der Waals surface area contributed by atoms with Gasteiger partial charge in [0.15, 0.2) is 0 Å². The number of rotatable bonds is 1. The van der Waals surface area contributed by atoms with Gasteiger partial charge in [-0.15, -0.1) is 0 Å². The predicted octanol–water partition coefficient (Wildman–Crippen LogP) is -0.195. The Hall–Kier alpha value is -1.58. The standard InChI is InChI=1S/C10H11F3N2O4/c11-10(12,13)9(18)15-2-1-4-6(15)8(17)7(16)5(3-14)19-4/h1-2,5,7-8,16-17H,3,14H2/t5-,7+,8-/m1/s1. The molecule has 2 heterocycles. The highest BCUT2D eigenvalue weighted by atomic mass is 19.4. The molecular weight excluding hydrogens is 269 g/mol. The van der Waals surface area contributed by atoms with Crippen LogP contribution in [0.1, 0.15) is 16.6 Å². The highest BCUT2D eigenvalue weighted by Crippen LogP contribution is 2.36. The maximum absolute atomic E-state index is 12.4. The second kappa shape index (κ2) is 4.51. The van der Waals surface area contributed by atoms with Crippen LogP contribution in [0.4, 0.5) is 13.2 Å². The van der Waals surface area contributed by atoms with Gasteiger partial charge in [0.25, 0.3) is 0 Å². The van der Waals surface area contributed by atoms with E-state index in [1.165, 1.54) is 0 Å². The van der Waals surface area contributed by atoms with Crippen molar-refractivity contribution in [2.24, 2.45) is 5.73 Å². The number of aliphatic hydroxyl groups is 2. The van der Waals surface area contributed by atoms with Crippen LogP contribution in [0.25, 0.3) is 0 Å². The van der Waals surface area contributed by atoms with Gasteiger partial charge in [0, 0.05) is 12.7 Å². The molecule has 0 saturated carbocycles. The first-order valence-corrected chi connectivity index (χ1v) is 5.33. The van der Waals surface area contributed by atoms with E-state index < -0.39 is 36.1 Å². The molecule has 0 unspecified atom stereocenters. The van der Waals surface area contributed by atoms with Crippen LogP contribution in [0, 0.1) is 0 Å². The molecule has 9 heteroatoms. The second-order valence-electron chi connectivity index (χ2n) is 4.07. The lowest BCUT2D eigenvalue weighted by Crippen LogP contribution is -2.46. The monoisotopic (exact) mass is 280 g/mol. The van der Waals surface area contributed by atoms with E-state index in [2.05, 4.69) is 0 Å². The summed E-state index contributed by atoms with van der Waals surface area (Å²) in [6, 6.07) is 1.11. The topological polar surface area (TPSA) is 97.7 Å². The van der Waals surface area contributed by atoms with E-state index in [9.17, 15) is 28.2 Å². The number of hydrogen-bond donors (Lipinski definition) is 3. The Kier molecular flexibility index (Phi) is 3.29. The fourth-order valence-electron chi connectivity index (χ4n) is 1.91. The third-order valence-electron chi connectivity index (χ3n) is 2.84. The third kappa shape index (κ3) is 2.20. The van der Waals surface area contributed by atoms with Crippen LogP contribution >= 0.6 is 0 Å². The van der Waals surface area contributed by atoms with E-state index >= 15 is 0 Å². The van der Waals surface area contributed by atoms with Crippen LogP contribution in [0.3, 0.4) is 0 Å². The highest BCUT2D eigenvalue weighted by molar-refractivity contribution is 5.85. The number of aliphatic hydroxyl groups excluding tert-OH is 2. The molecule has 0 spiro atoms. The maximum Gasteiger partial charge on any atom is 0.472 e. The lowest BCUT2D eigenvalue weighted by Gasteiger charge is -2.32. The summed E-state index contributed by atoms with van der Waals surface area (Å²) in [6.45, 7) is -0.129. The largest absolute Gasteiger partial charge is 0.484 e. The van der Waals surface area contributed by atoms with Crippen molar-refractivity contribution in [3.63, 3.8) is 0 Å². The molecule has 0 aromatic carbocycles. The Morgan fingerprint density at radius 1 is 1.47 bits per heavy atom. The van der Waals surface area contributed by atoms with Gasteiger partial charge in [-0.25, -0.2) is 0 Å². The summed E-state index contributed by atoms with van der Waals surface area (Å²) in [5.41, 5.74) is 4.87. The minimum atomic E-state index is -5.10. The van der Waals surface area contributed by atoms with Crippen molar-refractivity contribution in [3.05, 3.63) is 18.0 Å². The summed E-state index contributed by atoms with van der Waals surface area (Å²) in [4.78, 5) is 11.2. The number of carbonyl (C=O) groups is 1. The molecule has 3 atom stereocenters. The number of hydrogen-bond acceptors (Lipinski definition) is 5. The molecule has 0 radical (unpaired) electrons. The van der Waals surface area contributed by atoms with Crippen LogP contribution in [0.15, 0.2) is 12.3 Å². The smallest absolute Gasteiger partial charge is 0.472 e. The van der Waals surface area contributed by atoms with Gasteiger partial charge >= 0.3 is 12.1 Å². The van der Waals surface area contributed by atoms with E-state index in [1.807, 2.05) is 0 Å². The molecule has 0 saturated heterocycles. The van der Waals surface area contributed by atoms with Gasteiger partial charge in [0.05, 0.1) is 5.69 Å². The fraction of sp³-hybridized carbons (Fsp3) is 0.500. The normalized spacial score (nSPS) is 26.7.